The number of hydrogen-bond donors (Lipinski definition) is 1. The van der Waals surface area contributed by atoms with Crippen LogP contribution in [0.4, 0.5) is 0 Å². The molecule has 0 fully saturated rings. The van der Waals surface area contributed by atoms with E-state index in [0.717, 1.165) is 5.69 Å². The number of amides is 1. The summed E-state index contributed by atoms with van der Waals surface area (Å²) in [5, 5.41) is 6.44. The third-order valence-electron chi connectivity index (χ3n) is 2.95. The number of ether oxygens (including phenoxy) is 1. The highest BCUT2D eigenvalue weighted by molar-refractivity contribution is 7.08. The van der Waals surface area contributed by atoms with E-state index in [4.69, 9.17) is 4.74 Å². The first-order chi connectivity index (χ1) is 9.61. The van der Waals surface area contributed by atoms with Crippen molar-refractivity contribution in [2.45, 2.75) is 13.5 Å². The van der Waals surface area contributed by atoms with Gasteiger partial charge in [-0.1, -0.05) is 0 Å². The van der Waals surface area contributed by atoms with Gasteiger partial charge >= 0.3 is 0 Å². The van der Waals surface area contributed by atoms with Crippen LogP contribution in [-0.4, -0.2) is 24.1 Å². The molecule has 106 valence electrons. The summed E-state index contributed by atoms with van der Waals surface area (Å²) in [4.78, 5) is 23.7. The molecule has 2 aromatic heterocycles. The predicted molar refractivity (Wildman–Crippen MR) is 78.6 cm³/mol. The number of rotatable bonds is 5. The van der Waals surface area contributed by atoms with E-state index in [9.17, 15) is 9.59 Å². The molecule has 0 aliphatic carbocycles. The minimum absolute atomic E-state index is 0.120. The van der Waals surface area contributed by atoms with Crippen LogP contribution in [0.1, 0.15) is 16.1 Å². The Balaban J connectivity index is 1.98. The molecule has 0 aromatic carbocycles. The first kappa shape index (κ1) is 14.3. The summed E-state index contributed by atoms with van der Waals surface area (Å²) in [6.07, 6.45) is 0. The molecule has 0 saturated heterocycles. The summed E-state index contributed by atoms with van der Waals surface area (Å²) in [7, 11) is 1.53. The standard InChI is InChI=1S/C14H16N2O3S/c1-10-7-12(19-2)8-13(17)16(10)5-4-15-14(18)11-3-6-20-9-11/h3,6-9H,4-5H2,1-2H3,(H,15,18). The summed E-state index contributed by atoms with van der Waals surface area (Å²) in [5.41, 5.74) is 1.32. The summed E-state index contributed by atoms with van der Waals surface area (Å²) in [5.74, 6) is 0.427. The minimum atomic E-state index is -0.133. The molecule has 0 unspecified atom stereocenters. The Morgan fingerprint density at radius 1 is 1.45 bits per heavy atom. The molecule has 2 aromatic rings. The number of aryl methyl sites for hydroxylation is 1. The van der Waals surface area contributed by atoms with Crippen LogP contribution in [0.2, 0.25) is 0 Å². The SMILES string of the molecule is COc1cc(C)n(CCNC(=O)c2ccsc2)c(=O)c1. The molecule has 6 heteroatoms. The van der Waals surface area contributed by atoms with E-state index < -0.39 is 0 Å². The van der Waals surface area contributed by atoms with Crippen molar-refractivity contribution >= 4 is 17.2 Å². The first-order valence-electron chi connectivity index (χ1n) is 6.17. The molecule has 20 heavy (non-hydrogen) atoms. The largest absolute Gasteiger partial charge is 0.496 e. The molecule has 2 rings (SSSR count). The van der Waals surface area contributed by atoms with Crippen LogP contribution in [0, 0.1) is 6.92 Å². The molecule has 5 nitrogen and oxygen atoms in total. The zero-order chi connectivity index (χ0) is 14.5. The molecule has 0 radical (unpaired) electrons. The fraction of sp³-hybridized carbons (Fsp3) is 0.286. The van der Waals surface area contributed by atoms with Gasteiger partial charge in [0, 0.05) is 35.8 Å². The van der Waals surface area contributed by atoms with Crippen LogP contribution in [0.5, 0.6) is 5.75 Å². The number of carbonyl (C=O) groups excluding carboxylic acids is 1. The van der Waals surface area contributed by atoms with E-state index in [1.807, 2.05) is 12.3 Å². The Morgan fingerprint density at radius 3 is 2.85 bits per heavy atom. The minimum Gasteiger partial charge on any atom is -0.496 e. The van der Waals surface area contributed by atoms with E-state index in [1.54, 1.807) is 22.1 Å². The van der Waals surface area contributed by atoms with E-state index in [1.165, 1.54) is 24.5 Å². The van der Waals surface area contributed by atoms with Gasteiger partial charge in [-0.2, -0.15) is 11.3 Å². The van der Waals surface area contributed by atoms with Crippen LogP contribution >= 0.6 is 11.3 Å². The van der Waals surface area contributed by atoms with Crippen LogP contribution < -0.4 is 15.6 Å². The van der Waals surface area contributed by atoms with Gasteiger partial charge < -0.3 is 14.6 Å². The van der Waals surface area contributed by atoms with Gasteiger partial charge in [0.15, 0.2) is 0 Å². The lowest BCUT2D eigenvalue weighted by Crippen LogP contribution is -2.31. The van der Waals surface area contributed by atoms with Gasteiger partial charge in [-0.15, -0.1) is 0 Å². The van der Waals surface area contributed by atoms with Crippen molar-refractivity contribution in [1.29, 1.82) is 0 Å². The fourth-order valence-corrected chi connectivity index (χ4v) is 2.52. The third kappa shape index (κ3) is 3.27. The van der Waals surface area contributed by atoms with Crippen molar-refractivity contribution in [3.63, 3.8) is 0 Å². The van der Waals surface area contributed by atoms with Gasteiger partial charge in [0.25, 0.3) is 11.5 Å². The van der Waals surface area contributed by atoms with Crippen LogP contribution in [0.15, 0.2) is 33.8 Å². The van der Waals surface area contributed by atoms with Crippen LogP contribution in [0.25, 0.3) is 0 Å². The maximum absolute atomic E-state index is 11.9. The van der Waals surface area contributed by atoms with E-state index in [-0.39, 0.29) is 11.5 Å². The molecule has 0 spiro atoms. The van der Waals surface area contributed by atoms with Gasteiger partial charge in [-0.25, -0.2) is 0 Å². The highest BCUT2D eigenvalue weighted by Gasteiger charge is 2.07. The van der Waals surface area contributed by atoms with Crippen LogP contribution in [-0.2, 0) is 6.54 Å². The molecule has 2 heterocycles. The number of pyridine rings is 1. The average Bonchev–Trinajstić information content (AvgIpc) is 2.95. The number of carbonyl (C=O) groups is 1. The maximum atomic E-state index is 11.9. The van der Waals surface area contributed by atoms with E-state index >= 15 is 0 Å². The Morgan fingerprint density at radius 2 is 2.25 bits per heavy atom. The fourth-order valence-electron chi connectivity index (χ4n) is 1.88. The van der Waals surface area contributed by atoms with Gasteiger partial charge in [-0.05, 0) is 24.4 Å². The van der Waals surface area contributed by atoms with Gasteiger partial charge in [0.05, 0.1) is 7.11 Å². The quantitative estimate of drug-likeness (QED) is 0.911. The summed E-state index contributed by atoms with van der Waals surface area (Å²) < 4.78 is 6.65. The lowest BCUT2D eigenvalue weighted by atomic mass is 10.3. The van der Waals surface area contributed by atoms with Gasteiger partial charge in [-0.3, -0.25) is 9.59 Å². The van der Waals surface area contributed by atoms with Crippen LogP contribution in [0.3, 0.4) is 0 Å². The lowest BCUT2D eigenvalue weighted by molar-refractivity contribution is 0.0952. The molecule has 1 N–H and O–H groups in total. The average molecular weight is 292 g/mol. The number of nitrogens with one attached hydrogen (secondary N) is 1. The second kappa shape index (κ2) is 6.38. The summed E-state index contributed by atoms with van der Waals surface area (Å²) >= 11 is 1.48. The Bertz CT molecular complexity index is 647. The summed E-state index contributed by atoms with van der Waals surface area (Å²) in [6, 6.07) is 5.00. The van der Waals surface area contributed by atoms with Gasteiger partial charge in [0.1, 0.15) is 5.75 Å². The van der Waals surface area contributed by atoms with Crippen molar-refractivity contribution < 1.29 is 9.53 Å². The number of hydrogen-bond acceptors (Lipinski definition) is 4. The Kier molecular flexibility index (Phi) is 4.57. The Hall–Kier alpha value is -2.08. The third-order valence-corrected chi connectivity index (χ3v) is 3.63. The molecule has 0 bridgehead atoms. The van der Waals surface area contributed by atoms with Crippen molar-refractivity contribution in [2.24, 2.45) is 0 Å². The highest BCUT2D eigenvalue weighted by Crippen LogP contribution is 2.08. The Labute approximate surface area is 120 Å². The lowest BCUT2D eigenvalue weighted by Gasteiger charge is -2.11. The molecule has 0 saturated carbocycles. The van der Waals surface area contributed by atoms with Gasteiger partial charge in [0.2, 0.25) is 0 Å². The van der Waals surface area contributed by atoms with E-state index in [2.05, 4.69) is 5.32 Å². The first-order valence-corrected chi connectivity index (χ1v) is 7.12. The van der Waals surface area contributed by atoms with Crippen molar-refractivity contribution in [1.82, 2.24) is 9.88 Å². The molecule has 0 aliphatic heterocycles. The number of aromatic nitrogens is 1. The smallest absolute Gasteiger partial charge is 0.254 e. The second-order valence-corrected chi connectivity index (χ2v) is 5.07. The molecule has 0 atom stereocenters. The van der Waals surface area contributed by atoms with Crippen molar-refractivity contribution in [3.8, 4) is 5.75 Å². The molecule has 0 aliphatic rings. The normalized spacial score (nSPS) is 10.3. The summed E-state index contributed by atoms with van der Waals surface area (Å²) in [6.45, 7) is 2.68. The van der Waals surface area contributed by atoms with Crippen molar-refractivity contribution in [3.05, 3.63) is 50.6 Å². The van der Waals surface area contributed by atoms with Crippen molar-refractivity contribution in [2.75, 3.05) is 13.7 Å². The predicted octanol–water partition coefficient (Wildman–Crippen LogP) is 1.66. The number of thiophene rings is 1. The topological polar surface area (TPSA) is 60.3 Å². The van der Waals surface area contributed by atoms with E-state index in [0.29, 0.717) is 24.4 Å². The number of methoxy groups -OCH3 is 1. The highest BCUT2D eigenvalue weighted by atomic mass is 32.1. The zero-order valence-electron chi connectivity index (χ0n) is 11.4. The maximum Gasteiger partial charge on any atom is 0.254 e. The second-order valence-electron chi connectivity index (χ2n) is 4.29. The molecular formula is C14H16N2O3S. The molecule has 1 amide bonds. The monoisotopic (exact) mass is 292 g/mol. The molecular weight excluding hydrogens is 276 g/mol. The number of nitrogens with zero attached hydrogens (tertiary/aromatic N) is 1. The zero-order valence-corrected chi connectivity index (χ0v) is 12.2.